The van der Waals surface area contributed by atoms with Crippen LogP contribution in [0, 0.1) is 5.92 Å². The maximum absolute atomic E-state index is 12.9. The number of nitrogens with one attached hydrogen (secondary N) is 2. The molecule has 2 aromatic heterocycles. The number of amides is 1. The first-order valence-corrected chi connectivity index (χ1v) is 10.4. The molecular formula is C21H24Cl2N6O. The lowest BCUT2D eigenvalue weighted by atomic mass is 10.0. The largest absolute Gasteiger partial charge is 0.358 e. The third-order valence-electron chi connectivity index (χ3n) is 4.47. The van der Waals surface area contributed by atoms with Crippen molar-refractivity contribution in [3.8, 4) is 11.5 Å². The maximum atomic E-state index is 12.9. The van der Waals surface area contributed by atoms with E-state index in [1.165, 1.54) is 0 Å². The van der Waals surface area contributed by atoms with Crippen molar-refractivity contribution in [2.24, 2.45) is 13.0 Å². The van der Waals surface area contributed by atoms with Gasteiger partial charge in [0.05, 0.1) is 0 Å². The molecule has 7 nitrogen and oxygen atoms in total. The van der Waals surface area contributed by atoms with Gasteiger partial charge in [-0.2, -0.15) is 0 Å². The second kappa shape index (κ2) is 9.91. The molecule has 2 heterocycles. The van der Waals surface area contributed by atoms with Gasteiger partial charge in [0.1, 0.15) is 17.6 Å². The fraction of sp³-hybridized carbons (Fsp3) is 0.333. The van der Waals surface area contributed by atoms with Crippen LogP contribution in [0.25, 0.3) is 11.5 Å². The van der Waals surface area contributed by atoms with E-state index in [0.29, 0.717) is 41.2 Å². The number of hydrogen-bond acceptors (Lipinski definition) is 5. The standard InChI is InChI=1S/C21H24Cl2N6O/c1-13(2)10-17(20(30)25-12-14-4-6-15(22)7-5-14)26-18-11-16(27-21(23)28-18)19-24-8-9-29(19)3/h4-9,11,13,17H,10,12H2,1-3H3,(H,25,30)(H,26,27,28). The highest BCUT2D eigenvalue weighted by atomic mass is 35.5. The number of rotatable bonds is 8. The summed E-state index contributed by atoms with van der Waals surface area (Å²) in [6, 6.07) is 8.64. The Morgan fingerprint density at radius 2 is 1.90 bits per heavy atom. The normalized spacial score (nSPS) is 12.1. The lowest BCUT2D eigenvalue weighted by Crippen LogP contribution is -2.40. The van der Waals surface area contributed by atoms with Gasteiger partial charge < -0.3 is 15.2 Å². The molecule has 1 aromatic carbocycles. The number of carbonyl (C=O) groups excluding carboxylic acids is 1. The smallest absolute Gasteiger partial charge is 0.242 e. The van der Waals surface area contributed by atoms with Gasteiger partial charge in [-0.15, -0.1) is 0 Å². The number of hydrogen-bond donors (Lipinski definition) is 2. The average Bonchev–Trinajstić information content (AvgIpc) is 3.12. The molecule has 0 aliphatic heterocycles. The lowest BCUT2D eigenvalue weighted by Gasteiger charge is -2.21. The van der Waals surface area contributed by atoms with Crippen molar-refractivity contribution in [3.05, 3.63) is 58.6 Å². The summed E-state index contributed by atoms with van der Waals surface area (Å²) in [5, 5.41) is 6.93. The van der Waals surface area contributed by atoms with E-state index >= 15 is 0 Å². The van der Waals surface area contributed by atoms with Crippen molar-refractivity contribution in [3.63, 3.8) is 0 Å². The van der Waals surface area contributed by atoms with Crippen molar-refractivity contribution in [1.29, 1.82) is 0 Å². The van der Waals surface area contributed by atoms with E-state index in [0.717, 1.165) is 5.56 Å². The average molecular weight is 447 g/mol. The van der Waals surface area contributed by atoms with Crippen LogP contribution in [-0.4, -0.2) is 31.5 Å². The summed E-state index contributed by atoms with van der Waals surface area (Å²) in [4.78, 5) is 25.7. The Labute approximate surface area is 185 Å². The number of benzene rings is 1. The summed E-state index contributed by atoms with van der Waals surface area (Å²) in [5.41, 5.74) is 1.55. The Morgan fingerprint density at radius 3 is 2.53 bits per heavy atom. The molecule has 0 saturated heterocycles. The number of anilines is 1. The van der Waals surface area contributed by atoms with Crippen LogP contribution < -0.4 is 10.6 Å². The third-order valence-corrected chi connectivity index (χ3v) is 4.90. The first-order chi connectivity index (χ1) is 14.3. The van der Waals surface area contributed by atoms with Crippen LogP contribution in [0.1, 0.15) is 25.8 Å². The van der Waals surface area contributed by atoms with E-state index in [4.69, 9.17) is 23.2 Å². The Balaban J connectivity index is 1.75. The Hall–Kier alpha value is -2.64. The molecule has 2 N–H and O–H groups in total. The highest BCUT2D eigenvalue weighted by molar-refractivity contribution is 6.30. The summed E-state index contributed by atoms with van der Waals surface area (Å²) in [7, 11) is 1.87. The molecule has 9 heteroatoms. The molecule has 0 spiro atoms. The summed E-state index contributed by atoms with van der Waals surface area (Å²) < 4.78 is 1.84. The van der Waals surface area contributed by atoms with E-state index in [1.54, 1.807) is 24.4 Å². The molecule has 158 valence electrons. The van der Waals surface area contributed by atoms with Gasteiger partial charge in [0.15, 0.2) is 5.82 Å². The quantitative estimate of drug-likeness (QED) is 0.503. The Bertz CT molecular complexity index is 1000. The molecule has 0 fully saturated rings. The molecule has 0 saturated carbocycles. The molecule has 1 amide bonds. The van der Waals surface area contributed by atoms with Crippen molar-refractivity contribution in [2.75, 3.05) is 5.32 Å². The van der Waals surface area contributed by atoms with Crippen molar-refractivity contribution >= 4 is 34.9 Å². The first-order valence-electron chi connectivity index (χ1n) is 9.63. The van der Waals surface area contributed by atoms with E-state index in [-0.39, 0.29) is 11.2 Å². The van der Waals surface area contributed by atoms with Gasteiger partial charge >= 0.3 is 0 Å². The number of imidazole rings is 1. The predicted octanol–water partition coefficient (Wildman–Crippen LogP) is 4.33. The fourth-order valence-corrected chi connectivity index (χ4v) is 3.32. The Morgan fingerprint density at radius 1 is 1.17 bits per heavy atom. The highest BCUT2D eigenvalue weighted by Gasteiger charge is 2.21. The fourth-order valence-electron chi connectivity index (χ4n) is 3.01. The zero-order valence-electron chi connectivity index (χ0n) is 17.1. The van der Waals surface area contributed by atoms with Crippen LogP contribution in [0.3, 0.4) is 0 Å². The molecule has 3 rings (SSSR count). The minimum atomic E-state index is -0.475. The van der Waals surface area contributed by atoms with Gasteiger partial charge in [0.2, 0.25) is 11.2 Å². The Kier molecular flexibility index (Phi) is 7.29. The lowest BCUT2D eigenvalue weighted by molar-refractivity contribution is -0.122. The minimum absolute atomic E-state index is 0.0860. The molecule has 0 aliphatic rings. The van der Waals surface area contributed by atoms with Crippen molar-refractivity contribution in [1.82, 2.24) is 24.8 Å². The number of nitrogens with zero attached hydrogens (tertiary/aromatic N) is 4. The maximum Gasteiger partial charge on any atom is 0.242 e. The van der Waals surface area contributed by atoms with Crippen molar-refractivity contribution < 1.29 is 4.79 Å². The SMILES string of the molecule is CC(C)CC(Nc1cc(-c2nccn2C)nc(Cl)n1)C(=O)NCc1ccc(Cl)cc1. The van der Waals surface area contributed by atoms with Gasteiger partial charge in [-0.1, -0.05) is 37.6 Å². The molecule has 1 atom stereocenters. The molecule has 0 aliphatic carbocycles. The van der Waals surface area contributed by atoms with Crippen LogP contribution in [0.15, 0.2) is 42.7 Å². The molecule has 30 heavy (non-hydrogen) atoms. The monoisotopic (exact) mass is 446 g/mol. The van der Waals surface area contributed by atoms with Crippen LogP contribution >= 0.6 is 23.2 Å². The second-order valence-electron chi connectivity index (χ2n) is 7.44. The van der Waals surface area contributed by atoms with Gasteiger partial charge in [0.25, 0.3) is 0 Å². The number of carbonyl (C=O) groups is 1. The first kappa shape index (κ1) is 22.1. The van der Waals surface area contributed by atoms with Gasteiger partial charge in [-0.3, -0.25) is 4.79 Å². The molecule has 1 unspecified atom stereocenters. The van der Waals surface area contributed by atoms with E-state index in [2.05, 4.69) is 39.4 Å². The van der Waals surface area contributed by atoms with E-state index in [1.807, 2.05) is 29.9 Å². The highest BCUT2D eigenvalue weighted by Crippen LogP contribution is 2.21. The third kappa shape index (κ3) is 5.93. The van der Waals surface area contributed by atoms with Crippen LogP contribution in [0.2, 0.25) is 10.3 Å². The summed E-state index contributed by atoms with van der Waals surface area (Å²) >= 11 is 12.0. The number of aromatic nitrogens is 4. The zero-order chi connectivity index (χ0) is 21.7. The van der Waals surface area contributed by atoms with Gasteiger partial charge in [-0.05, 0) is 41.6 Å². The zero-order valence-corrected chi connectivity index (χ0v) is 18.6. The summed E-state index contributed by atoms with van der Waals surface area (Å²) in [5.74, 6) is 1.32. The van der Waals surface area contributed by atoms with Crippen LogP contribution in [0.4, 0.5) is 5.82 Å². The number of halogens is 2. The number of aryl methyl sites for hydroxylation is 1. The van der Waals surface area contributed by atoms with Crippen molar-refractivity contribution in [2.45, 2.75) is 32.9 Å². The molecule has 0 radical (unpaired) electrons. The van der Waals surface area contributed by atoms with E-state index < -0.39 is 6.04 Å². The molecule has 0 bridgehead atoms. The van der Waals surface area contributed by atoms with Gasteiger partial charge in [-0.25, -0.2) is 15.0 Å². The minimum Gasteiger partial charge on any atom is -0.358 e. The summed E-state index contributed by atoms with van der Waals surface area (Å²) in [6.45, 7) is 4.54. The van der Waals surface area contributed by atoms with Gasteiger partial charge in [0, 0.05) is 37.1 Å². The predicted molar refractivity (Wildman–Crippen MR) is 119 cm³/mol. The van der Waals surface area contributed by atoms with Crippen LogP contribution in [0.5, 0.6) is 0 Å². The molecule has 3 aromatic rings. The summed E-state index contributed by atoms with van der Waals surface area (Å²) in [6.07, 6.45) is 4.14. The second-order valence-corrected chi connectivity index (χ2v) is 8.21. The topological polar surface area (TPSA) is 84.7 Å². The van der Waals surface area contributed by atoms with E-state index in [9.17, 15) is 4.79 Å². The molecular weight excluding hydrogens is 423 g/mol. The van der Waals surface area contributed by atoms with Crippen LogP contribution in [-0.2, 0) is 18.4 Å².